The van der Waals surface area contributed by atoms with Gasteiger partial charge in [-0.05, 0) is 5.56 Å². The van der Waals surface area contributed by atoms with Gasteiger partial charge in [-0.1, -0.05) is 30.3 Å². The van der Waals surface area contributed by atoms with Gasteiger partial charge in [-0.2, -0.15) is 0 Å². The number of cyclic esters (lactones) is 2. The molecule has 0 unspecified atom stereocenters. The van der Waals surface area contributed by atoms with Crippen molar-refractivity contribution in [1.29, 1.82) is 0 Å². The van der Waals surface area contributed by atoms with Crippen LogP contribution >= 0.6 is 0 Å². The molecule has 1 aliphatic rings. The molecule has 1 aromatic rings. The molecule has 1 saturated heterocycles. The van der Waals surface area contributed by atoms with Crippen molar-refractivity contribution in [3.05, 3.63) is 35.9 Å². The number of carbonyl (C=O) groups excluding carboxylic acids is 2. The Morgan fingerprint density at radius 1 is 1.21 bits per heavy atom. The van der Waals surface area contributed by atoms with Gasteiger partial charge in [0.15, 0.2) is 0 Å². The summed E-state index contributed by atoms with van der Waals surface area (Å²) in [5.41, 5.74) is 0.997. The Morgan fingerprint density at radius 2 is 1.93 bits per heavy atom. The number of hydrogen-bond acceptors (Lipinski definition) is 3. The van der Waals surface area contributed by atoms with E-state index in [1.807, 2.05) is 30.3 Å². The SMILES string of the molecule is O=C1N[C@H](Cc2ccccc2)C(=O)O1. The van der Waals surface area contributed by atoms with Crippen molar-refractivity contribution in [2.45, 2.75) is 12.5 Å². The number of hydrogen-bond donors (Lipinski definition) is 1. The summed E-state index contributed by atoms with van der Waals surface area (Å²) in [6.45, 7) is 0. The molecule has 72 valence electrons. The first-order valence-corrected chi connectivity index (χ1v) is 4.32. The molecular formula is C10H9NO3. The van der Waals surface area contributed by atoms with Crippen molar-refractivity contribution in [2.24, 2.45) is 0 Å². The highest BCUT2D eigenvalue weighted by atomic mass is 16.6. The molecule has 0 saturated carbocycles. The number of rotatable bonds is 2. The molecule has 0 aromatic heterocycles. The lowest BCUT2D eigenvalue weighted by molar-refractivity contribution is -0.135. The summed E-state index contributed by atoms with van der Waals surface area (Å²) in [7, 11) is 0. The molecule has 1 atom stereocenters. The van der Waals surface area contributed by atoms with Gasteiger partial charge in [-0.3, -0.25) is 0 Å². The molecule has 0 spiro atoms. The normalized spacial score (nSPS) is 20.4. The lowest BCUT2D eigenvalue weighted by Crippen LogP contribution is -2.30. The van der Waals surface area contributed by atoms with Crippen molar-refractivity contribution in [3.63, 3.8) is 0 Å². The minimum absolute atomic E-state index is 0.478. The first-order chi connectivity index (χ1) is 6.75. The van der Waals surface area contributed by atoms with Gasteiger partial charge in [-0.25, -0.2) is 9.59 Å². The van der Waals surface area contributed by atoms with E-state index < -0.39 is 18.1 Å². The Bertz CT molecular complexity index is 361. The average Bonchev–Trinajstić information content (AvgIpc) is 2.47. The highest BCUT2D eigenvalue weighted by Crippen LogP contribution is 2.08. The van der Waals surface area contributed by atoms with Gasteiger partial charge >= 0.3 is 12.1 Å². The van der Waals surface area contributed by atoms with Crippen molar-refractivity contribution in [3.8, 4) is 0 Å². The van der Waals surface area contributed by atoms with E-state index in [0.29, 0.717) is 6.42 Å². The number of amides is 1. The van der Waals surface area contributed by atoms with E-state index in [0.717, 1.165) is 5.56 Å². The van der Waals surface area contributed by atoms with Crippen LogP contribution in [0.25, 0.3) is 0 Å². The number of ether oxygens (including phenoxy) is 1. The van der Waals surface area contributed by atoms with Crippen LogP contribution in [0.1, 0.15) is 5.56 Å². The van der Waals surface area contributed by atoms with Gasteiger partial charge < -0.3 is 10.1 Å². The summed E-state index contributed by atoms with van der Waals surface area (Å²) in [4.78, 5) is 21.8. The highest BCUT2D eigenvalue weighted by molar-refractivity contribution is 5.95. The largest absolute Gasteiger partial charge is 0.415 e. The molecule has 4 heteroatoms. The minimum Gasteiger partial charge on any atom is -0.375 e. The molecule has 1 aliphatic heterocycles. The summed E-state index contributed by atoms with van der Waals surface area (Å²) in [6.07, 6.45) is -0.179. The standard InChI is InChI=1S/C10H9NO3/c12-9-8(11-10(13)14-9)6-7-4-2-1-3-5-7/h1-5,8H,6H2,(H,11,13)/t8-/m1/s1. The summed E-state index contributed by atoms with van der Waals surface area (Å²) < 4.78 is 4.36. The molecule has 14 heavy (non-hydrogen) atoms. The Balaban J connectivity index is 2.05. The summed E-state index contributed by atoms with van der Waals surface area (Å²) in [6, 6.07) is 8.93. The van der Waals surface area contributed by atoms with Crippen LogP contribution in [0.2, 0.25) is 0 Å². The van der Waals surface area contributed by atoms with Crippen LogP contribution < -0.4 is 5.32 Å². The fourth-order valence-electron chi connectivity index (χ4n) is 1.38. The number of carbonyl (C=O) groups is 2. The molecule has 1 N–H and O–H groups in total. The fourth-order valence-corrected chi connectivity index (χ4v) is 1.38. The zero-order chi connectivity index (χ0) is 9.97. The Kier molecular flexibility index (Phi) is 2.18. The number of esters is 1. The van der Waals surface area contributed by atoms with E-state index in [2.05, 4.69) is 10.1 Å². The fraction of sp³-hybridized carbons (Fsp3) is 0.200. The molecule has 1 amide bonds. The topological polar surface area (TPSA) is 55.4 Å². The molecule has 4 nitrogen and oxygen atoms in total. The predicted octanol–water partition coefficient (Wildman–Crippen LogP) is 0.864. The van der Waals surface area contributed by atoms with Crippen molar-refractivity contribution in [1.82, 2.24) is 5.32 Å². The first-order valence-electron chi connectivity index (χ1n) is 4.32. The molecule has 1 aromatic carbocycles. The summed E-state index contributed by atoms with van der Waals surface area (Å²) in [5, 5.41) is 2.44. The smallest absolute Gasteiger partial charge is 0.375 e. The quantitative estimate of drug-likeness (QED) is 0.557. The van der Waals surface area contributed by atoms with E-state index in [4.69, 9.17) is 0 Å². The number of alkyl carbamates (subject to hydrolysis) is 1. The molecule has 1 fully saturated rings. The van der Waals surface area contributed by atoms with E-state index in [1.165, 1.54) is 0 Å². The zero-order valence-corrected chi connectivity index (χ0v) is 7.40. The van der Waals surface area contributed by atoms with Crippen LogP contribution in [-0.2, 0) is 16.0 Å². The third-order valence-corrected chi connectivity index (χ3v) is 2.05. The van der Waals surface area contributed by atoms with Crippen LogP contribution in [0.4, 0.5) is 4.79 Å². The lowest BCUT2D eigenvalue weighted by Gasteiger charge is -2.04. The van der Waals surface area contributed by atoms with Gasteiger partial charge in [0.05, 0.1) is 0 Å². The molecule has 0 aliphatic carbocycles. The van der Waals surface area contributed by atoms with Gasteiger partial charge in [0.2, 0.25) is 0 Å². The second-order valence-corrected chi connectivity index (χ2v) is 3.10. The van der Waals surface area contributed by atoms with Crippen molar-refractivity contribution in [2.75, 3.05) is 0 Å². The lowest BCUT2D eigenvalue weighted by atomic mass is 10.1. The van der Waals surface area contributed by atoms with Crippen LogP contribution in [0, 0.1) is 0 Å². The van der Waals surface area contributed by atoms with E-state index >= 15 is 0 Å². The van der Waals surface area contributed by atoms with E-state index in [1.54, 1.807) is 0 Å². The van der Waals surface area contributed by atoms with Crippen molar-refractivity contribution >= 4 is 12.1 Å². The molecule has 0 radical (unpaired) electrons. The van der Waals surface area contributed by atoms with Crippen LogP contribution in [-0.4, -0.2) is 18.1 Å². The van der Waals surface area contributed by atoms with Crippen LogP contribution in [0.15, 0.2) is 30.3 Å². The van der Waals surface area contributed by atoms with Crippen molar-refractivity contribution < 1.29 is 14.3 Å². The second kappa shape index (κ2) is 3.49. The summed E-state index contributed by atoms with van der Waals surface area (Å²) >= 11 is 0. The molecule has 2 rings (SSSR count). The zero-order valence-electron chi connectivity index (χ0n) is 7.40. The maximum Gasteiger partial charge on any atom is 0.415 e. The van der Waals surface area contributed by atoms with E-state index in [9.17, 15) is 9.59 Å². The Labute approximate surface area is 80.9 Å². The first kappa shape index (κ1) is 8.74. The second-order valence-electron chi connectivity index (χ2n) is 3.10. The van der Waals surface area contributed by atoms with Crippen LogP contribution in [0.5, 0.6) is 0 Å². The minimum atomic E-state index is -0.657. The van der Waals surface area contributed by atoms with Gasteiger partial charge in [0.25, 0.3) is 0 Å². The summed E-state index contributed by atoms with van der Waals surface area (Å²) in [5.74, 6) is -0.501. The monoisotopic (exact) mass is 191 g/mol. The van der Waals surface area contributed by atoms with E-state index in [-0.39, 0.29) is 0 Å². The third-order valence-electron chi connectivity index (χ3n) is 2.05. The Hall–Kier alpha value is -1.84. The molecular weight excluding hydrogens is 182 g/mol. The van der Waals surface area contributed by atoms with Gasteiger partial charge in [0.1, 0.15) is 6.04 Å². The van der Waals surface area contributed by atoms with Gasteiger partial charge in [0, 0.05) is 6.42 Å². The maximum atomic E-state index is 11.1. The van der Waals surface area contributed by atoms with Crippen LogP contribution in [0.3, 0.4) is 0 Å². The Morgan fingerprint density at radius 3 is 2.50 bits per heavy atom. The number of nitrogens with one attached hydrogen (secondary N) is 1. The maximum absolute atomic E-state index is 11.1. The predicted molar refractivity (Wildman–Crippen MR) is 48.6 cm³/mol. The highest BCUT2D eigenvalue weighted by Gasteiger charge is 2.32. The average molecular weight is 191 g/mol. The molecule has 0 bridgehead atoms. The number of benzene rings is 1. The molecule has 1 heterocycles. The van der Waals surface area contributed by atoms with Gasteiger partial charge in [-0.15, -0.1) is 0 Å². The third kappa shape index (κ3) is 1.74.